The molecule has 1 aliphatic rings. The van der Waals surface area contributed by atoms with Crippen LogP contribution in [0.1, 0.15) is 10.1 Å². The molecule has 1 aromatic carbocycles. The van der Waals surface area contributed by atoms with Crippen LogP contribution in [0, 0.1) is 0 Å². The summed E-state index contributed by atoms with van der Waals surface area (Å²) in [6.07, 6.45) is 0. The molecule has 0 radical (unpaired) electrons. The van der Waals surface area contributed by atoms with E-state index in [1.165, 1.54) is 5.56 Å². The highest BCUT2D eigenvalue weighted by molar-refractivity contribution is 8.13. The van der Waals surface area contributed by atoms with Crippen molar-refractivity contribution in [1.29, 1.82) is 0 Å². The van der Waals surface area contributed by atoms with Crippen LogP contribution >= 0.6 is 11.8 Å². The van der Waals surface area contributed by atoms with Gasteiger partial charge in [0.25, 0.3) is 0 Å². The van der Waals surface area contributed by atoms with Crippen LogP contribution in [0.4, 0.5) is 0 Å². The summed E-state index contributed by atoms with van der Waals surface area (Å²) in [5.74, 6) is 1.89. The zero-order valence-corrected chi connectivity index (χ0v) is 8.24. The molecular formula is C9H10OS2. The van der Waals surface area contributed by atoms with E-state index in [2.05, 4.69) is 12.1 Å². The van der Waals surface area contributed by atoms with Crippen molar-refractivity contribution in [2.24, 2.45) is 0 Å². The Labute approximate surface area is 79.0 Å². The van der Waals surface area contributed by atoms with E-state index >= 15 is 0 Å². The van der Waals surface area contributed by atoms with Crippen LogP contribution in [0.25, 0.3) is 0 Å². The average Bonchev–Trinajstić information content (AvgIpc) is 2.53. The molecule has 64 valence electrons. The lowest BCUT2D eigenvalue weighted by Gasteiger charge is -2.06. The number of hydrogen-bond donors (Lipinski definition) is 0. The average molecular weight is 198 g/mol. The van der Waals surface area contributed by atoms with Crippen molar-refractivity contribution in [3.63, 3.8) is 0 Å². The number of rotatable bonds is 1. The first-order valence-corrected chi connectivity index (χ1v) is 6.35. The van der Waals surface area contributed by atoms with Crippen molar-refractivity contribution in [2.45, 2.75) is 4.58 Å². The Hall–Kier alpha value is -0.280. The standard InChI is InChI=1S/C9H10OS2/c10-12-7-6-11-9(12)8-4-2-1-3-5-8/h1-5,9H,6-7H2/t9-,12?/m0/s1. The van der Waals surface area contributed by atoms with Gasteiger partial charge in [-0.2, -0.15) is 0 Å². The molecule has 0 aliphatic carbocycles. The molecule has 1 heterocycles. The van der Waals surface area contributed by atoms with Crippen molar-refractivity contribution < 1.29 is 4.21 Å². The molecule has 1 aliphatic heterocycles. The summed E-state index contributed by atoms with van der Waals surface area (Å²) in [5, 5.41) is 0. The largest absolute Gasteiger partial charge is 0.258 e. The summed E-state index contributed by atoms with van der Waals surface area (Å²) < 4.78 is 11.7. The molecule has 2 atom stereocenters. The predicted octanol–water partition coefficient (Wildman–Crippen LogP) is 2.18. The first kappa shape index (κ1) is 8.32. The summed E-state index contributed by atoms with van der Waals surface area (Å²) in [7, 11) is -0.649. The Morgan fingerprint density at radius 1 is 1.33 bits per heavy atom. The Morgan fingerprint density at radius 3 is 2.67 bits per heavy atom. The molecule has 12 heavy (non-hydrogen) atoms. The summed E-state index contributed by atoms with van der Waals surface area (Å²) in [6, 6.07) is 10.1. The fourth-order valence-corrected chi connectivity index (χ4v) is 4.74. The predicted molar refractivity (Wildman–Crippen MR) is 54.7 cm³/mol. The Kier molecular flexibility index (Phi) is 2.51. The molecule has 1 fully saturated rings. The number of benzene rings is 1. The van der Waals surface area contributed by atoms with Gasteiger partial charge < -0.3 is 0 Å². The van der Waals surface area contributed by atoms with Crippen LogP contribution in [-0.4, -0.2) is 15.7 Å². The highest BCUT2D eigenvalue weighted by atomic mass is 32.2. The molecular weight excluding hydrogens is 188 g/mol. The van der Waals surface area contributed by atoms with E-state index in [0.717, 1.165) is 11.5 Å². The number of hydrogen-bond acceptors (Lipinski definition) is 2. The van der Waals surface area contributed by atoms with Crippen molar-refractivity contribution in [3.8, 4) is 0 Å². The highest BCUT2D eigenvalue weighted by Gasteiger charge is 2.24. The third kappa shape index (κ3) is 1.57. The van der Waals surface area contributed by atoms with Gasteiger partial charge in [-0.05, 0) is 5.56 Å². The molecule has 0 amide bonds. The summed E-state index contributed by atoms with van der Waals surface area (Å²) in [5.41, 5.74) is 1.21. The van der Waals surface area contributed by atoms with E-state index in [9.17, 15) is 4.21 Å². The van der Waals surface area contributed by atoms with Crippen LogP contribution < -0.4 is 0 Å². The topological polar surface area (TPSA) is 17.1 Å². The quantitative estimate of drug-likeness (QED) is 0.688. The van der Waals surface area contributed by atoms with Gasteiger partial charge in [-0.1, -0.05) is 30.3 Å². The summed E-state index contributed by atoms with van der Waals surface area (Å²) in [6.45, 7) is 0. The van der Waals surface area contributed by atoms with Gasteiger partial charge in [0.1, 0.15) is 4.58 Å². The minimum atomic E-state index is -0.649. The molecule has 0 saturated carbocycles. The first-order chi connectivity index (χ1) is 5.88. The van der Waals surface area contributed by atoms with Gasteiger partial charge >= 0.3 is 0 Å². The second kappa shape index (κ2) is 3.62. The maximum absolute atomic E-state index is 11.5. The maximum atomic E-state index is 11.5. The van der Waals surface area contributed by atoms with Crippen molar-refractivity contribution in [2.75, 3.05) is 11.5 Å². The van der Waals surface area contributed by atoms with Crippen molar-refractivity contribution in [1.82, 2.24) is 0 Å². The number of thioether (sulfide) groups is 1. The fraction of sp³-hybridized carbons (Fsp3) is 0.333. The molecule has 1 aromatic rings. The van der Waals surface area contributed by atoms with E-state index < -0.39 is 10.8 Å². The normalized spacial score (nSPS) is 29.0. The van der Waals surface area contributed by atoms with Crippen LogP contribution in [0.15, 0.2) is 30.3 Å². The summed E-state index contributed by atoms with van der Waals surface area (Å²) >= 11 is 1.80. The smallest absolute Gasteiger partial charge is 0.105 e. The lowest BCUT2D eigenvalue weighted by Crippen LogP contribution is -1.97. The second-order valence-electron chi connectivity index (χ2n) is 2.70. The van der Waals surface area contributed by atoms with E-state index in [1.807, 2.05) is 18.2 Å². The van der Waals surface area contributed by atoms with E-state index in [4.69, 9.17) is 0 Å². The van der Waals surface area contributed by atoms with Gasteiger partial charge in [0.05, 0.1) is 0 Å². The summed E-state index contributed by atoms with van der Waals surface area (Å²) in [4.78, 5) is 0. The Balaban J connectivity index is 2.25. The minimum Gasteiger partial charge on any atom is -0.258 e. The van der Waals surface area contributed by atoms with Crippen molar-refractivity contribution in [3.05, 3.63) is 35.9 Å². The zero-order valence-electron chi connectivity index (χ0n) is 6.60. The Morgan fingerprint density at radius 2 is 2.08 bits per heavy atom. The first-order valence-electron chi connectivity index (χ1n) is 3.91. The van der Waals surface area contributed by atoms with E-state index in [0.29, 0.717) is 0 Å². The minimum absolute atomic E-state index is 0.228. The van der Waals surface area contributed by atoms with Crippen molar-refractivity contribution >= 4 is 22.6 Å². The molecule has 1 saturated heterocycles. The fourth-order valence-electron chi connectivity index (χ4n) is 1.28. The van der Waals surface area contributed by atoms with Crippen LogP contribution in [0.2, 0.25) is 0 Å². The zero-order chi connectivity index (χ0) is 8.39. The van der Waals surface area contributed by atoms with Crippen LogP contribution in [0.5, 0.6) is 0 Å². The van der Waals surface area contributed by atoms with Gasteiger partial charge in [-0.25, -0.2) is 0 Å². The van der Waals surface area contributed by atoms with Gasteiger partial charge in [0.15, 0.2) is 0 Å². The monoisotopic (exact) mass is 198 g/mol. The molecule has 1 unspecified atom stereocenters. The van der Waals surface area contributed by atoms with E-state index in [1.54, 1.807) is 11.8 Å². The molecule has 2 rings (SSSR count). The van der Waals surface area contributed by atoms with E-state index in [-0.39, 0.29) is 4.58 Å². The van der Waals surface area contributed by atoms with Gasteiger partial charge in [0.2, 0.25) is 0 Å². The molecule has 0 aromatic heterocycles. The lowest BCUT2D eigenvalue weighted by molar-refractivity contribution is 0.684. The SMILES string of the molecule is O=S1CCS[C@@H]1c1ccccc1. The molecule has 0 N–H and O–H groups in total. The maximum Gasteiger partial charge on any atom is 0.105 e. The molecule has 3 heteroatoms. The van der Waals surface area contributed by atoms with Crippen LogP contribution in [-0.2, 0) is 10.8 Å². The highest BCUT2D eigenvalue weighted by Crippen LogP contribution is 2.37. The van der Waals surface area contributed by atoms with Gasteiger partial charge in [0, 0.05) is 22.3 Å². The van der Waals surface area contributed by atoms with Crippen LogP contribution in [0.3, 0.4) is 0 Å². The molecule has 0 bridgehead atoms. The Bertz CT molecular complexity index is 284. The third-order valence-electron chi connectivity index (χ3n) is 1.86. The molecule has 1 nitrogen and oxygen atoms in total. The van der Waals surface area contributed by atoms with Gasteiger partial charge in [-0.3, -0.25) is 4.21 Å². The second-order valence-corrected chi connectivity index (χ2v) is 5.85. The van der Waals surface area contributed by atoms with Gasteiger partial charge in [-0.15, -0.1) is 11.8 Å². The lowest BCUT2D eigenvalue weighted by atomic mass is 10.2. The third-order valence-corrected chi connectivity index (χ3v) is 5.55. The molecule has 0 spiro atoms.